The Balaban J connectivity index is 2.08. The molecule has 0 aliphatic heterocycles. The molecule has 0 saturated heterocycles. The molecule has 0 saturated carbocycles. The second-order valence-electron chi connectivity index (χ2n) is 3.04. The van der Waals surface area contributed by atoms with E-state index >= 15 is 0 Å². The molecule has 0 atom stereocenters. The van der Waals surface area contributed by atoms with Crippen LogP contribution in [0.25, 0.3) is 0 Å². The van der Waals surface area contributed by atoms with Gasteiger partial charge in [0.05, 0.1) is 0 Å². The van der Waals surface area contributed by atoms with Crippen molar-refractivity contribution in [1.29, 1.82) is 0 Å². The summed E-state index contributed by atoms with van der Waals surface area (Å²) >= 11 is 0. The number of nitrogens with one attached hydrogen (secondary N) is 1. The zero-order valence-electron chi connectivity index (χ0n) is 8.86. The zero-order chi connectivity index (χ0) is 10.8. The lowest BCUT2D eigenvalue weighted by atomic mass is 10.3. The van der Waals surface area contributed by atoms with Gasteiger partial charge in [0.25, 0.3) is 0 Å². The Labute approximate surface area is 91.3 Å². The molecule has 80 valence electrons. The minimum absolute atomic E-state index is 0.611. The van der Waals surface area contributed by atoms with Crippen molar-refractivity contribution in [3.8, 4) is 5.75 Å². The minimum atomic E-state index is 0.611. The molecule has 0 spiro atoms. The van der Waals surface area contributed by atoms with E-state index in [2.05, 4.69) is 11.9 Å². The maximum Gasteiger partial charge on any atom is 0.119 e. The lowest BCUT2D eigenvalue weighted by molar-refractivity contribution is 0.362. The van der Waals surface area contributed by atoms with Gasteiger partial charge in [0.1, 0.15) is 12.4 Å². The van der Waals surface area contributed by atoms with Crippen molar-refractivity contribution in [2.24, 2.45) is 0 Å². The first-order chi connectivity index (χ1) is 7.43. The summed E-state index contributed by atoms with van der Waals surface area (Å²) in [7, 11) is 0. The first-order valence-corrected chi connectivity index (χ1v) is 5.08. The predicted octanol–water partition coefficient (Wildman–Crippen LogP) is 2.40. The topological polar surface area (TPSA) is 21.3 Å². The lowest BCUT2D eigenvalue weighted by Gasteiger charge is -2.01. The van der Waals surface area contributed by atoms with Crippen molar-refractivity contribution in [3.05, 3.63) is 55.1 Å². The third kappa shape index (κ3) is 5.70. The van der Waals surface area contributed by atoms with Gasteiger partial charge in [0, 0.05) is 13.1 Å². The van der Waals surface area contributed by atoms with Gasteiger partial charge in [-0.15, -0.1) is 6.58 Å². The summed E-state index contributed by atoms with van der Waals surface area (Å²) < 4.78 is 5.48. The van der Waals surface area contributed by atoms with E-state index in [1.807, 2.05) is 48.6 Å². The first-order valence-electron chi connectivity index (χ1n) is 5.08. The molecule has 0 heterocycles. The van der Waals surface area contributed by atoms with E-state index in [4.69, 9.17) is 4.74 Å². The van der Waals surface area contributed by atoms with Gasteiger partial charge in [-0.05, 0) is 12.1 Å². The molecule has 0 bridgehead atoms. The van der Waals surface area contributed by atoms with Crippen molar-refractivity contribution in [1.82, 2.24) is 5.32 Å². The lowest BCUT2D eigenvalue weighted by Crippen LogP contribution is -2.12. The van der Waals surface area contributed by atoms with Crippen molar-refractivity contribution in [3.63, 3.8) is 0 Å². The Morgan fingerprint density at radius 3 is 2.67 bits per heavy atom. The van der Waals surface area contributed by atoms with E-state index in [0.29, 0.717) is 6.61 Å². The highest BCUT2D eigenvalue weighted by molar-refractivity contribution is 5.21. The van der Waals surface area contributed by atoms with E-state index < -0.39 is 0 Å². The first kappa shape index (κ1) is 11.5. The van der Waals surface area contributed by atoms with Crippen LogP contribution in [-0.4, -0.2) is 19.7 Å². The molecule has 1 aromatic rings. The van der Waals surface area contributed by atoms with Gasteiger partial charge in [-0.3, -0.25) is 0 Å². The number of rotatable bonds is 7. The molecule has 1 aromatic carbocycles. The quantitative estimate of drug-likeness (QED) is 0.542. The molecular formula is C13H17NO. The molecule has 0 fully saturated rings. The molecular weight excluding hydrogens is 186 g/mol. The van der Waals surface area contributed by atoms with Crippen LogP contribution in [0.4, 0.5) is 0 Å². The van der Waals surface area contributed by atoms with Crippen molar-refractivity contribution in [2.75, 3.05) is 19.7 Å². The smallest absolute Gasteiger partial charge is 0.119 e. The van der Waals surface area contributed by atoms with Crippen molar-refractivity contribution in [2.45, 2.75) is 0 Å². The van der Waals surface area contributed by atoms with Crippen molar-refractivity contribution < 1.29 is 4.74 Å². The fourth-order valence-electron chi connectivity index (χ4n) is 1.08. The van der Waals surface area contributed by atoms with E-state index in [1.165, 1.54) is 0 Å². The molecule has 0 radical (unpaired) electrons. The Morgan fingerprint density at radius 2 is 1.93 bits per heavy atom. The molecule has 0 amide bonds. The number of para-hydroxylation sites is 1. The molecule has 15 heavy (non-hydrogen) atoms. The summed E-state index contributed by atoms with van der Waals surface area (Å²) in [4.78, 5) is 0. The number of ether oxygens (including phenoxy) is 1. The number of hydrogen-bond acceptors (Lipinski definition) is 2. The summed E-state index contributed by atoms with van der Waals surface area (Å²) in [5.41, 5.74) is 0. The summed E-state index contributed by atoms with van der Waals surface area (Å²) in [5, 5.41) is 3.17. The minimum Gasteiger partial charge on any atom is -0.490 e. The summed E-state index contributed by atoms with van der Waals surface area (Å²) in [5.74, 6) is 0.904. The molecule has 2 nitrogen and oxygen atoms in total. The normalized spacial score (nSPS) is 10.4. The third-order valence-electron chi connectivity index (χ3n) is 1.81. The maximum atomic E-state index is 5.48. The van der Waals surface area contributed by atoms with Crippen LogP contribution >= 0.6 is 0 Å². The molecule has 2 heteroatoms. The van der Waals surface area contributed by atoms with Crippen LogP contribution in [0.15, 0.2) is 55.1 Å². The maximum absolute atomic E-state index is 5.48. The van der Waals surface area contributed by atoms with Crippen LogP contribution in [0.3, 0.4) is 0 Å². The SMILES string of the molecule is C=CCNCC=CCOc1ccccc1. The Bertz CT molecular complexity index is 293. The van der Waals surface area contributed by atoms with Gasteiger partial charge in [0.15, 0.2) is 0 Å². The summed E-state index contributed by atoms with van der Waals surface area (Å²) in [6.45, 7) is 5.92. The standard InChI is InChI=1S/C13H17NO/c1-2-10-14-11-6-7-12-15-13-8-4-3-5-9-13/h2-9,14H,1,10-12H2. The highest BCUT2D eigenvalue weighted by atomic mass is 16.5. The van der Waals surface area contributed by atoms with E-state index in [-0.39, 0.29) is 0 Å². The van der Waals surface area contributed by atoms with E-state index in [1.54, 1.807) is 0 Å². The fourth-order valence-corrected chi connectivity index (χ4v) is 1.08. The van der Waals surface area contributed by atoms with E-state index in [0.717, 1.165) is 18.8 Å². The van der Waals surface area contributed by atoms with Crippen LogP contribution in [0, 0.1) is 0 Å². The zero-order valence-corrected chi connectivity index (χ0v) is 8.86. The fraction of sp³-hybridized carbons (Fsp3) is 0.231. The molecule has 0 aliphatic carbocycles. The van der Waals surface area contributed by atoms with E-state index in [9.17, 15) is 0 Å². The van der Waals surface area contributed by atoms with Gasteiger partial charge in [-0.1, -0.05) is 36.4 Å². The van der Waals surface area contributed by atoms with Crippen LogP contribution in [-0.2, 0) is 0 Å². The average Bonchev–Trinajstić information content (AvgIpc) is 2.29. The van der Waals surface area contributed by atoms with Crippen molar-refractivity contribution >= 4 is 0 Å². The third-order valence-corrected chi connectivity index (χ3v) is 1.81. The number of hydrogen-bond donors (Lipinski definition) is 1. The Kier molecular flexibility index (Phi) is 6.02. The summed E-state index contributed by atoms with van der Waals surface area (Å²) in [6, 6.07) is 9.80. The van der Waals surface area contributed by atoms with Crippen LogP contribution in [0.2, 0.25) is 0 Å². The second-order valence-corrected chi connectivity index (χ2v) is 3.04. The Hall–Kier alpha value is -1.54. The second kappa shape index (κ2) is 7.83. The average molecular weight is 203 g/mol. The van der Waals surface area contributed by atoms with Crippen LogP contribution in [0.5, 0.6) is 5.75 Å². The molecule has 1 N–H and O–H groups in total. The summed E-state index contributed by atoms with van der Waals surface area (Å²) in [6.07, 6.45) is 5.89. The number of benzene rings is 1. The highest BCUT2D eigenvalue weighted by Crippen LogP contribution is 2.07. The molecule has 0 unspecified atom stereocenters. The van der Waals surface area contributed by atoms with Gasteiger partial charge < -0.3 is 10.1 Å². The van der Waals surface area contributed by atoms with Gasteiger partial charge in [-0.25, -0.2) is 0 Å². The predicted molar refractivity (Wildman–Crippen MR) is 64.1 cm³/mol. The highest BCUT2D eigenvalue weighted by Gasteiger charge is 1.86. The monoisotopic (exact) mass is 203 g/mol. The van der Waals surface area contributed by atoms with Crippen LogP contribution < -0.4 is 10.1 Å². The van der Waals surface area contributed by atoms with Gasteiger partial charge in [0.2, 0.25) is 0 Å². The largest absolute Gasteiger partial charge is 0.490 e. The van der Waals surface area contributed by atoms with Crippen LogP contribution in [0.1, 0.15) is 0 Å². The molecule has 0 aliphatic rings. The molecule has 0 aromatic heterocycles. The van der Waals surface area contributed by atoms with Gasteiger partial charge in [-0.2, -0.15) is 0 Å². The van der Waals surface area contributed by atoms with Gasteiger partial charge >= 0.3 is 0 Å². The Morgan fingerprint density at radius 1 is 1.13 bits per heavy atom. The molecule has 1 rings (SSSR count).